The second kappa shape index (κ2) is 9.23. The Morgan fingerprint density at radius 1 is 1.47 bits per heavy atom. The number of halogens is 1. The van der Waals surface area contributed by atoms with E-state index in [4.69, 9.17) is 5.73 Å². The van der Waals surface area contributed by atoms with Crippen LogP contribution < -0.4 is 10.6 Å². The molecule has 1 atom stereocenters. The van der Waals surface area contributed by atoms with Gasteiger partial charge in [0.2, 0.25) is 5.91 Å². The molecule has 3 nitrogen and oxygen atoms in total. The average Bonchev–Trinajstić information content (AvgIpc) is 2.36. The number of hydrogen-bond donors (Lipinski definition) is 1. The lowest BCUT2D eigenvalue weighted by Gasteiger charge is -2.24. The van der Waals surface area contributed by atoms with E-state index in [2.05, 4.69) is 0 Å². The van der Waals surface area contributed by atoms with E-state index >= 15 is 0 Å². The van der Waals surface area contributed by atoms with Gasteiger partial charge in [0, 0.05) is 12.2 Å². The molecule has 0 aliphatic rings. The van der Waals surface area contributed by atoms with Crippen molar-refractivity contribution in [1.29, 1.82) is 0 Å². The molecule has 0 spiro atoms. The van der Waals surface area contributed by atoms with Crippen molar-refractivity contribution < 1.29 is 4.79 Å². The Morgan fingerprint density at radius 2 is 2.16 bits per heavy atom. The highest BCUT2D eigenvalue weighted by atomic mass is 35.5. The summed E-state index contributed by atoms with van der Waals surface area (Å²) in [5.74, 6) is 0.926. The van der Waals surface area contributed by atoms with Gasteiger partial charge >= 0.3 is 0 Å². The first-order valence-electron chi connectivity index (χ1n) is 6.22. The van der Waals surface area contributed by atoms with Gasteiger partial charge in [0.25, 0.3) is 0 Å². The average molecular weight is 303 g/mol. The molecule has 2 N–H and O–H groups in total. The van der Waals surface area contributed by atoms with Crippen LogP contribution in [0.4, 0.5) is 5.69 Å². The summed E-state index contributed by atoms with van der Waals surface area (Å²) >= 11 is 1.71. The van der Waals surface area contributed by atoms with Crippen molar-refractivity contribution in [3.05, 3.63) is 29.8 Å². The van der Waals surface area contributed by atoms with Crippen LogP contribution in [0.1, 0.15) is 18.9 Å². The van der Waals surface area contributed by atoms with Gasteiger partial charge in [-0.3, -0.25) is 4.79 Å². The van der Waals surface area contributed by atoms with E-state index in [1.165, 1.54) is 0 Å². The molecule has 0 fully saturated rings. The number of benzene rings is 1. The zero-order valence-corrected chi connectivity index (χ0v) is 13.4. The Hall–Kier alpha value is -0.710. The summed E-state index contributed by atoms with van der Waals surface area (Å²) in [5, 5.41) is 0. The molecule has 0 aromatic heterocycles. The van der Waals surface area contributed by atoms with Crippen molar-refractivity contribution in [3.8, 4) is 0 Å². The number of carbonyl (C=O) groups is 1. The molecule has 0 aliphatic heterocycles. The lowest BCUT2D eigenvalue weighted by Crippen LogP contribution is -2.44. The van der Waals surface area contributed by atoms with Crippen LogP contribution in [0.5, 0.6) is 0 Å². The molecule has 1 amide bonds. The number of likely N-dealkylation sites (N-methyl/N-ethyl adjacent to an activating group) is 1. The summed E-state index contributed by atoms with van der Waals surface area (Å²) in [6, 6.07) is 7.56. The van der Waals surface area contributed by atoms with E-state index < -0.39 is 6.04 Å². The van der Waals surface area contributed by atoms with Crippen LogP contribution in [0.3, 0.4) is 0 Å². The van der Waals surface area contributed by atoms with Gasteiger partial charge in [0.05, 0.1) is 6.04 Å². The number of thioether (sulfide) groups is 1. The minimum Gasteiger partial charge on any atom is -0.320 e. The summed E-state index contributed by atoms with van der Waals surface area (Å²) in [4.78, 5) is 14.0. The van der Waals surface area contributed by atoms with Crippen LogP contribution in [0, 0.1) is 6.92 Å². The highest BCUT2D eigenvalue weighted by molar-refractivity contribution is 7.98. The molecular weight excluding hydrogens is 280 g/mol. The third-order valence-electron chi connectivity index (χ3n) is 2.85. The van der Waals surface area contributed by atoms with Gasteiger partial charge in [0.1, 0.15) is 0 Å². The van der Waals surface area contributed by atoms with Crippen LogP contribution in [0.15, 0.2) is 24.3 Å². The number of hydrogen-bond acceptors (Lipinski definition) is 3. The van der Waals surface area contributed by atoms with Gasteiger partial charge in [-0.25, -0.2) is 0 Å². The predicted molar refractivity (Wildman–Crippen MR) is 87.4 cm³/mol. The van der Waals surface area contributed by atoms with E-state index in [1.807, 2.05) is 44.4 Å². The minimum atomic E-state index is -0.405. The number of anilines is 1. The van der Waals surface area contributed by atoms with Crippen LogP contribution in [0.2, 0.25) is 0 Å². The third kappa shape index (κ3) is 5.43. The Balaban J connectivity index is 0.00000324. The first kappa shape index (κ1) is 18.3. The molecule has 0 saturated carbocycles. The second-order valence-corrected chi connectivity index (χ2v) is 5.30. The van der Waals surface area contributed by atoms with Gasteiger partial charge in [-0.2, -0.15) is 11.8 Å². The lowest BCUT2D eigenvalue weighted by molar-refractivity contribution is -0.119. The van der Waals surface area contributed by atoms with Crippen molar-refractivity contribution in [3.63, 3.8) is 0 Å². The molecule has 0 saturated heterocycles. The first-order chi connectivity index (χ1) is 8.60. The van der Waals surface area contributed by atoms with Crippen molar-refractivity contribution in [2.24, 2.45) is 5.73 Å². The maximum Gasteiger partial charge on any atom is 0.243 e. The predicted octanol–water partition coefficient (Wildman–Crippen LogP) is 2.85. The molecule has 5 heteroatoms. The number of amides is 1. The fourth-order valence-corrected chi connectivity index (χ4v) is 2.32. The molecule has 108 valence electrons. The highest BCUT2D eigenvalue weighted by Gasteiger charge is 2.20. The quantitative estimate of drug-likeness (QED) is 0.879. The topological polar surface area (TPSA) is 46.3 Å². The van der Waals surface area contributed by atoms with Gasteiger partial charge in [0.15, 0.2) is 0 Å². The standard InChI is InChI=1S/C14H22N2OS.ClH/c1-4-16(12-7-5-6-11(2)10-12)14(17)13(15)8-9-18-3;/h5-7,10,13H,4,8-9,15H2,1-3H3;1H/t13-;/m0./s1. The summed E-state index contributed by atoms with van der Waals surface area (Å²) < 4.78 is 0. The number of nitrogens with two attached hydrogens (primary N) is 1. The van der Waals surface area contributed by atoms with E-state index in [-0.39, 0.29) is 18.3 Å². The molecule has 1 aromatic carbocycles. The van der Waals surface area contributed by atoms with E-state index in [1.54, 1.807) is 16.7 Å². The van der Waals surface area contributed by atoms with Gasteiger partial charge in [-0.1, -0.05) is 12.1 Å². The van der Waals surface area contributed by atoms with Gasteiger partial charge in [-0.05, 0) is 50.0 Å². The maximum absolute atomic E-state index is 12.3. The van der Waals surface area contributed by atoms with Crippen LogP contribution in [-0.4, -0.2) is 30.5 Å². The van der Waals surface area contributed by atoms with Crippen LogP contribution in [-0.2, 0) is 4.79 Å². The van der Waals surface area contributed by atoms with E-state index in [0.29, 0.717) is 6.54 Å². The highest BCUT2D eigenvalue weighted by Crippen LogP contribution is 2.17. The lowest BCUT2D eigenvalue weighted by atomic mass is 10.1. The largest absolute Gasteiger partial charge is 0.320 e. The third-order valence-corrected chi connectivity index (χ3v) is 3.49. The Labute approximate surface area is 126 Å². The van der Waals surface area contributed by atoms with Crippen molar-refractivity contribution in [1.82, 2.24) is 0 Å². The SMILES string of the molecule is CCN(C(=O)[C@@H](N)CCSC)c1cccc(C)c1.Cl. The van der Waals surface area contributed by atoms with Crippen molar-refractivity contribution in [2.45, 2.75) is 26.3 Å². The molecule has 0 radical (unpaired) electrons. The summed E-state index contributed by atoms with van der Waals surface area (Å²) in [6.07, 6.45) is 2.75. The van der Waals surface area contributed by atoms with Crippen molar-refractivity contribution >= 4 is 35.8 Å². The Bertz CT molecular complexity index is 401. The zero-order chi connectivity index (χ0) is 13.5. The molecule has 0 aliphatic carbocycles. The van der Waals surface area contributed by atoms with Crippen LogP contribution in [0.25, 0.3) is 0 Å². The Morgan fingerprint density at radius 3 is 2.68 bits per heavy atom. The molecule has 0 bridgehead atoms. The summed E-state index contributed by atoms with van der Waals surface area (Å²) in [6.45, 7) is 4.65. The number of aryl methyl sites for hydroxylation is 1. The molecule has 19 heavy (non-hydrogen) atoms. The fourth-order valence-electron chi connectivity index (χ4n) is 1.83. The fraction of sp³-hybridized carbons (Fsp3) is 0.500. The molecule has 1 rings (SSSR count). The minimum absolute atomic E-state index is 0. The van der Waals surface area contributed by atoms with E-state index in [0.717, 1.165) is 23.4 Å². The molecular formula is C14H23ClN2OS. The van der Waals surface area contributed by atoms with E-state index in [9.17, 15) is 4.79 Å². The van der Waals surface area contributed by atoms with Gasteiger partial charge < -0.3 is 10.6 Å². The van der Waals surface area contributed by atoms with Crippen molar-refractivity contribution in [2.75, 3.05) is 23.5 Å². The van der Waals surface area contributed by atoms with Crippen LogP contribution >= 0.6 is 24.2 Å². The van der Waals surface area contributed by atoms with Gasteiger partial charge in [-0.15, -0.1) is 12.4 Å². The molecule has 0 heterocycles. The normalized spacial score (nSPS) is 11.6. The number of rotatable bonds is 6. The second-order valence-electron chi connectivity index (χ2n) is 4.31. The monoisotopic (exact) mass is 302 g/mol. The zero-order valence-electron chi connectivity index (χ0n) is 11.8. The first-order valence-corrected chi connectivity index (χ1v) is 7.62. The Kier molecular flexibility index (Phi) is 8.89. The molecule has 0 unspecified atom stereocenters. The number of carbonyl (C=O) groups excluding carboxylic acids is 1. The number of nitrogens with zero attached hydrogens (tertiary/aromatic N) is 1. The summed E-state index contributed by atoms with van der Waals surface area (Å²) in [5.41, 5.74) is 8.03. The maximum atomic E-state index is 12.3. The summed E-state index contributed by atoms with van der Waals surface area (Å²) in [7, 11) is 0. The molecule has 1 aromatic rings. The smallest absolute Gasteiger partial charge is 0.243 e.